The van der Waals surface area contributed by atoms with Crippen molar-refractivity contribution in [2.45, 2.75) is 32.2 Å². The van der Waals surface area contributed by atoms with Crippen LogP contribution in [0.15, 0.2) is 48.5 Å². The number of ether oxygens (including phenoxy) is 1. The molecule has 3 atom stereocenters. The number of fused-ring (bicyclic) bond motifs is 4. The molecule has 0 spiro atoms. The molecule has 5 rings (SSSR count). The number of nitrogens with zero attached hydrogens (tertiary/aromatic N) is 1. The zero-order chi connectivity index (χ0) is 24.0. The van der Waals surface area contributed by atoms with Gasteiger partial charge in [0.05, 0.1) is 5.92 Å². The molecule has 2 N–H and O–H groups in total. The highest BCUT2D eigenvalue weighted by atomic mass is 16.5. The Kier molecular flexibility index (Phi) is 5.80. The lowest BCUT2D eigenvalue weighted by Crippen LogP contribution is -2.44. The molecule has 1 saturated carbocycles. The van der Waals surface area contributed by atoms with E-state index in [4.69, 9.17) is 4.74 Å². The average Bonchev–Trinajstić information content (AvgIpc) is 3.17. The summed E-state index contributed by atoms with van der Waals surface area (Å²) in [4.78, 5) is 38.4. The monoisotopic (exact) mass is 462 g/mol. The van der Waals surface area contributed by atoms with Crippen LogP contribution in [-0.2, 0) is 14.3 Å². The minimum atomic E-state index is -0.765. The van der Waals surface area contributed by atoms with Crippen molar-refractivity contribution >= 4 is 18.0 Å². The van der Waals surface area contributed by atoms with E-state index in [1.54, 1.807) is 4.90 Å². The number of aliphatic carboxylic acids is 1. The summed E-state index contributed by atoms with van der Waals surface area (Å²) < 4.78 is 5.65. The van der Waals surface area contributed by atoms with E-state index >= 15 is 0 Å². The minimum Gasteiger partial charge on any atom is -0.481 e. The van der Waals surface area contributed by atoms with Crippen LogP contribution >= 0.6 is 0 Å². The van der Waals surface area contributed by atoms with E-state index in [1.165, 1.54) is 11.1 Å². The van der Waals surface area contributed by atoms with Gasteiger partial charge in [-0.2, -0.15) is 0 Å². The van der Waals surface area contributed by atoms with E-state index in [9.17, 15) is 19.5 Å². The highest BCUT2D eigenvalue weighted by Gasteiger charge is 2.60. The maximum Gasteiger partial charge on any atom is 0.407 e. The number of nitrogens with one attached hydrogen (secondary N) is 1. The molecule has 0 bridgehead atoms. The topological polar surface area (TPSA) is 95.9 Å². The van der Waals surface area contributed by atoms with Crippen LogP contribution in [-0.4, -0.2) is 53.7 Å². The molecule has 2 unspecified atom stereocenters. The van der Waals surface area contributed by atoms with Gasteiger partial charge < -0.3 is 20.1 Å². The maximum atomic E-state index is 12.8. The quantitative estimate of drug-likeness (QED) is 0.654. The number of carbonyl (C=O) groups is 3. The number of benzene rings is 2. The lowest BCUT2D eigenvalue weighted by molar-refractivity contribution is -0.141. The van der Waals surface area contributed by atoms with Crippen molar-refractivity contribution < 1.29 is 24.2 Å². The van der Waals surface area contributed by atoms with Gasteiger partial charge in [-0.1, -0.05) is 62.4 Å². The summed E-state index contributed by atoms with van der Waals surface area (Å²) in [5, 5.41) is 12.1. The van der Waals surface area contributed by atoms with Gasteiger partial charge in [0.25, 0.3) is 0 Å². The summed E-state index contributed by atoms with van der Waals surface area (Å²) in [6.45, 7) is 5.14. The molecule has 2 aromatic rings. The van der Waals surface area contributed by atoms with Crippen LogP contribution in [0.2, 0.25) is 0 Å². The van der Waals surface area contributed by atoms with E-state index in [0.29, 0.717) is 13.1 Å². The number of alkyl carbamates (subject to hydrolysis) is 1. The molecule has 178 valence electrons. The number of rotatable bonds is 7. The lowest BCUT2D eigenvalue weighted by Gasteiger charge is -2.26. The smallest absolute Gasteiger partial charge is 0.407 e. The third kappa shape index (κ3) is 4.04. The molecule has 1 aliphatic heterocycles. The maximum absolute atomic E-state index is 12.8. The van der Waals surface area contributed by atoms with E-state index in [1.807, 2.05) is 38.1 Å². The van der Waals surface area contributed by atoms with Gasteiger partial charge in [0, 0.05) is 31.5 Å². The average molecular weight is 463 g/mol. The summed E-state index contributed by atoms with van der Waals surface area (Å²) in [5.41, 5.74) is 4.65. The highest BCUT2D eigenvalue weighted by Crippen LogP contribution is 2.51. The first-order valence-corrected chi connectivity index (χ1v) is 12.0. The van der Waals surface area contributed by atoms with E-state index in [0.717, 1.165) is 11.1 Å². The van der Waals surface area contributed by atoms with Gasteiger partial charge in [-0.15, -0.1) is 0 Å². The Morgan fingerprint density at radius 3 is 2.09 bits per heavy atom. The van der Waals surface area contributed by atoms with Crippen molar-refractivity contribution in [3.05, 3.63) is 59.7 Å². The standard InChI is InChI=1S/C27H30N2O5/c1-15(2)23(11-24(30)29-12-20-21(13-29)25(20)26(31)32)28-27(33)34-14-22-18-9-5-3-7-16(18)17-8-4-6-10-19(17)22/h3-10,15,20-23,25H,11-14H2,1-2H3,(H,28,33)(H,31,32)/t20?,21?,23-,25?/m0/s1. The van der Waals surface area contributed by atoms with Crippen LogP contribution in [0.4, 0.5) is 4.79 Å². The van der Waals surface area contributed by atoms with Crippen molar-refractivity contribution in [3.8, 4) is 11.1 Å². The molecule has 34 heavy (non-hydrogen) atoms. The molecule has 1 heterocycles. The van der Waals surface area contributed by atoms with E-state index < -0.39 is 12.1 Å². The third-order valence-electron chi connectivity index (χ3n) is 7.68. The Balaban J connectivity index is 1.17. The fourth-order valence-electron chi connectivity index (χ4n) is 5.66. The first kappa shape index (κ1) is 22.4. The molecule has 1 saturated heterocycles. The molecule has 0 aromatic heterocycles. The van der Waals surface area contributed by atoms with Crippen LogP contribution in [0, 0.1) is 23.7 Å². The van der Waals surface area contributed by atoms with Crippen LogP contribution in [0.3, 0.4) is 0 Å². The van der Waals surface area contributed by atoms with Crippen LogP contribution in [0.25, 0.3) is 11.1 Å². The predicted octanol–water partition coefficient (Wildman–Crippen LogP) is 3.73. The second-order valence-corrected chi connectivity index (χ2v) is 10.0. The molecule has 2 aliphatic carbocycles. The fourth-order valence-corrected chi connectivity index (χ4v) is 5.66. The zero-order valence-electron chi connectivity index (χ0n) is 19.4. The van der Waals surface area contributed by atoms with Crippen LogP contribution in [0.1, 0.15) is 37.3 Å². The van der Waals surface area contributed by atoms with Crippen molar-refractivity contribution in [1.29, 1.82) is 0 Å². The third-order valence-corrected chi connectivity index (χ3v) is 7.68. The number of likely N-dealkylation sites (tertiary alicyclic amines) is 1. The Morgan fingerprint density at radius 2 is 1.56 bits per heavy atom. The summed E-state index contributed by atoms with van der Waals surface area (Å²) >= 11 is 0. The Morgan fingerprint density at radius 1 is 1.00 bits per heavy atom. The molecule has 2 amide bonds. The fraction of sp³-hybridized carbons (Fsp3) is 0.444. The number of hydrogen-bond donors (Lipinski definition) is 2. The van der Waals surface area contributed by atoms with Gasteiger partial charge >= 0.3 is 12.1 Å². The molecule has 2 aromatic carbocycles. The first-order chi connectivity index (χ1) is 16.3. The minimum absolute atomic E-state index is 0.0178. The molecule has 3 aliphatic rings. The second kappa shape index (κ2) is 8.78. The van der Waals surface area contributed by atoms with Crippen molar-refractivity contribution in [3.63, 3.8) is 0 Å². The normalized spacial score (nSPS) is 23.1. The summed E-state index contributed by atoms with van der Waals surface area (Å²) in [6, 6.07) is 16.0. The van der Waals surface area contributed by atoms with Crippen LogP contribution < -0.4 is 5.32 Å². The Hall–Kier alpha value is -3.35. The second-order valence-electron chi connectivity index (χ2n) is 10.0. The summed E-state index contributed by atoms with van der Waals surface area (Å²) in [6.07, 6.45) is -0.345. The van der Waals surface area contributed by atoms with Crippen molar-refractivity contribution in [1.82, 2.24) is 10.2 Å². The summed E-state index contributed by atoms with van der Waals surface area (Å²) in [5.74, 6) is -0.927. The van der Waals surface area contributed by atoms with Gasteiger partial charge in [0.15, 0.2) is 0 Å². The molecular weight excluding hydrogens is 432 g/mol. The molecule has 7 heteroatoms. The number of amides is 2. The number of piperidine rings is 1. The lowest BCUT2D eigenvalue weighted by atomic mass is 9.98. The van der Waals surface area contributed by atoms with Gasteiger partial charge in [-0.25, -0.2) is 4.79 Å². The van der Waals surface area contributed by atoms with Crippen molar-refractivity contribution in [2.75, 3.05) is 19.7 Å². The molecule has 2 fully saturated rings. The van der Waals surface area contributed by atoms with Gasteiger partial charge in [-0.05, 0) is 40.0 Å². The van der Waals surface area contributed by atoms with Gasteiger partial charge in [0.1, 0.15) is 6.61 Å². The molecule has 7 nitrogen and oxygen atoms in total. The van der Waals surface area contributed by atoms with Crippen molar-refractivity contribution in [2.24, 2.45) is 23.7 Å². The Labute approximate surface area is 199 Å². The molecular formula is C27H30N2O5. The SMILES string of the molecule is CC(C)[C@H](CC(=O)N1CC2C(C1)C2C(=O)O)NC(=O)OCC1c2ccccc2-c2ccccc21. The van der Waals surface area contributed by atoms with Crippen LogP contribution in [0.5, 0.6) is 0 Å². The van der Waals surface area contributed by atoms with E-state index in [2.05, 4.69) is 29.6 Å². The largest absolute Gasteiger partial charge is 0.481 e. The zero-order valence-corrected chi connectivity index (χ0v) is 19.4. The Bertz CT molecular complexity index is 1070. The van der Waals surface area contributed by atoms with Gasteiger partial charge in [0.2, 0.25) is 5.91 Å². The predicted molar refractivity (Wildman–Crippen MR) is 126 cm³/mol. The summed E-state index contributed by atoms with van der Waals surface area (Å²) in [7, 11) is 0. The van der Waals surface area contributed by atoms with Gasteiger partial charge in [-0.3, -0.25) is 9.59 Å². The number of carbonyl (C=O) groups excluding carboxylic acids is 2. The number of carboxylic acid groups (broad SMARTS) is 1. The highest BCUT2D eigenvalue weighted by molar-refractivity contribution is 5.81. The van der Waals surface area contributed by atoms with E-state index in [-0.39, 0.29) is 54.6 Å². The number of carboxylic acids is 1. The first-order valence-electron chi connectivity index (χ1n) is 12.0. The molecule has 0 radical (unpaired) electrons. The number of hydrogen-bond acceptors (Lipinski definition) is 4.